The van der Waals surface area contributed by atoms with E-state index in [4.69, 9.17) is 2.69 Å². The molecule has 2 aromatic rings. The summed E-state index contributed by atoms with van der Waals surface area (Å²) in [6.07, 6.45) is 0. The van der Waals surface area contributed by atoms with Gasteiger partial charge in [-0.25, -0.2) is 0 Å². The Morgan fingerprint density at radius 3 is 3.00 bits per heavy atom. The van der Waals surface area contributed by atoms with E-state index in [9.17, 15) is 4.91 Å². The average Bonchev–Trinajstić information content (AvgIpc) is 2.59. The molecule has 0 aliphatic carbocycles. The van der Waals surface area contributed by atoms with Crippen LogP contribution in [0.1, 0.15) is 0 Å². The molecular formula is C8H5N2O2TeTl. The normalized spacial score (nSPS) is 10.2. The van der Waals surface area contributed by atoms with Crippen molar-refractivity contribution in [3.63, 3.8) is 0 Å². The molecule has 0 fully saturated rings. The third-order valence-electron chi connectivity index (χ3n) is 1.84. The van der Waals surface area contributed by atoms with Crippen molar-refractivity contribution in [2.24, 2.45) is 3.43 Å². The van der Waals surface area contributed by atoms with Crippen molar-refractivity contribution in [2.75, 3.05) is 0 Å². The fourth-order valence-electron chi connectivity index (χ4n) is 1.25. The molecule has 0 radical (unpaired) electrons. The van der Waals surface area contributed by atoms with E-state index in [0.29, 0.717) is 26.2 Å². The molecule has 0 amide bonds. The molecule has 14 heavy (non-hydrogen) atoms. The van der Waals surface area contributed by atoms with Gasteiger partial charge in [-0.15, -0.1) is 0 Å². The van der Waals surface area contributed by atoms with Crippen molar-refractivity contribution >= 4 is 62.1 Å². The summed E-state index contributed by atoms with van der Waals surface area (Å²) in [7, 11) is 0. The van der Waals surface area contributed by atoms with Crippen molar-refractivity contribution in [3.05, 3.63) is 29.2 Å². The topological polar surface area (TPSA) is 54.4 Å². The maximum absolute atomic E-state index is 10.1. The standard InChI is InChI=1S/C8H6N2O2Te.Tl/c11-6-1-2-7-5(3-6)4-8(9-7)13-10-12;/h1-4,9,11H;/q;+1/p-1. The fourth-order valence-corrected chi connectivity index (χ4v) is 3.00. The van der Waals surface area contributed by atoms with Crippen LogP contribution in [0.15, 0.2) is 27.7 Å². The fraction of sp³-hybridized carbons (Fsp3) is 0. The molecule has 1 N–H and O–H groups in total. The number of rotatable bonds is 3. The second-order valence-electron chi connectivity index (χ2n) is 2.67. The number of aromatic nitrogens is 1. The number of H-pyrrole nitrogens is 1. The molecule has 0 bridgehead atoms. The Morgan fingerprint density at radius 2 is 2.29 bits per heavy atom. The van der Waals surface area contributed by atoms with Crippen LogP contribution in [0.2, 0.25) is 0 Å². The Kier molecular flexibility index (Phi) is 3.41. The molecule has 0 saturated heterocycles. The minimum atomic E-state index is -0.920. The van der Waals surface area contributed by atoms with Crippen molar-refractivity contribution in [3.8, 4) is 5.75 Å². The Balaban J connectivity index is 2.48. The summed E-state index contributed by atoms with van der Waals surface area (Å²) < 4.78 is 9.21. The molecule has 0 spiro atoms. The first-order valence-electron chi connectivity index (χ1n) is 3.82. The van der Waals surface area contributed by atoms with Gasteiger partial charge >= 0.3 is 108 Å². The van der Waals surface area contributed by atoms with Gasteiger partial charge in [0, 0.05) is 0 Å². The van der Waals surface area contributed by atoms with Gasteiger partial charge in [-0.3, -0.25) is 0 Å². The summed E-state index contributed by atoms with van der Waals surface area (Å²) >= 11 is -0.418. The molecule has 0 saturated carbocycles. The van der Waals surface area contributed by atoms with E-state index in [1.165, 1.54) is 0 Å². The number of benzene rings is 1. The molecule has 4 nitrogen and oxygen atoms in total. The monoisotopic (exact) mass is 496 g/mol. The summed E-state index contributed by atoms with van der Waals surface area (Å²) in [5.41, 5.74) is 1.04. The van der Waals surface area contributed by atoms with Crippen molar-refractivity contribution in [1.82, 2.24) is 4.98 Å². The zero-order valence-electron chi connectivity index (χ0n) is 7.06. The third kappa shape index (κ3) is 2.10. The summed E-state index contributed by atoms with van der Waals surface area (Å²) in [5.74, 6) is 0.896. The molecule has 68 valence electrons. The van der Waals surface area contributed by atoms with Gasteiger partial charge in [-0.05, 0) is 0 Å². The summed E-state index contributed by atoms with van der Waals surface area (Å²) in [4.78, 5) is 13.3. The minimum absolute atomic E-state index is 0.501. The zero-order valence-corrected chi connectivity index (χ0v) is 13.9. The van der Waals surface area contributed by atoms with E-state index < -0.39 is 21.2 Å². The predicted molar refractivity (Wildman–Crippen MR) is 55.9 cm³/mol. The van der Waals surface area contributed by atoms with Crippen LogP contribution in [-0.2, 0) is 0 Å². The average molecular weight is 493 g/mol. The van der Waals surface area contributed by atoms with E-state index in [1.54, 1.807) is 0 Å². The number of hydrogen-bond acceptors (Lipinski definition) is 3. The van der Waals surface area contributed by atoms with Gasteiger partial charge in [0.1, 0.15) is 0 Å². The van der Waals surface area contributed by atoms with E-state index in [2.05, 4.69) is 8.41 Å². The van der Waals surface area contributed by atoms with Crippen LogP contribution in [-0.4, -0.2) is 52.4 Å². The number of nitroso groups, excluding NO2 is 1. The van der Waals surface area contributed by atoms with Gasteiger partial charge in [0.15, 0.2) is 0 Å². The van der Waals surface area contributed by atoms with Gasteiger partial charge in [0.25, 0.3) is 0 Å². The van der Waals surface area contributed by atoms with Crippen molar-refractivity contribution in [1.29, 1.82) is 0 Å². The third-order valence-corrected chi connectivity index (χ3v) is 4.30. The van der Waals surface area contributed by atoms with Crippen LogP contribution in [0.3, 0.4) is 0 Å². The number of nitrogens with zero attached hydrogens (tertiary/aromatic N) is 1. The van der Waals surface area contributed by atoms with Crippen LogP contribution >= 0.6 is 0 Å². The molecule has 1 aromatic carbocycles. The number of fused-ring (bicyclic) bond motifs is 1. The second-order valence-corrected chi connectivity index (χ2v) is 5.78. The Morgan fingerprint density at radius 1 is 1.43 bits per heavy atom. The molecule has 6 heteroatoms. The van der Waals surface area contributed by atoms with Gasteiger partial charge in [0.2, 0.25) is 0 Å². The van der Waals surface area contributed by atoms with Crippen LogP contribution < -0.4 is 6.43 Å². The first-order valence-corrected chi connectivity index (χ1v) is 7.86. The number of nitrogens with one attached hydrogen (secondary N) is 1. The van der Waals surface area contributed by atoms with Gasteiger partial charge in [-0.2, -0.15) is 0 Å². The quantitative estimate of drug-likeness (QED) is 0.505. The van der Waals surface area contributed by atoms with E-state index in [1.807, 2.05) is 24.3 Å². The van der Waals surface area contributed by atoms with Crippen LogP contribution in [0.4, 0.5) is 0 Å². The maximum atomic E-state index is 10.1. The first kappa shape index (κ1) is 10.4. The molecule has 0 atom stereocenters. The molecule has 0 aliphatic rings. The SMILES string of the molecule is O=N[Te]c1cc2cc([O][Tl])ccc2[nH]1. The van der Waals surface area contributed by atoms with E-state index in [0.717, 1.165) is 20.4 Å². The summed E-state index contributed by atoms with van der Waals surface area (Å²) in [5, 5.41) is 1.09. The molecular weight excluding hydrogens is 488 g/mol. The van der Waals surface area contributed by atoms with E-state index in [-0.39, 0.29) is 0 Å². The Hall–Kier alpha value is -0.128. The molecule has 0 unspecified atom stereocenters. The van der Waals surface area contributed by atoms with Gasteiger partial charge in [-0.1, -0.05) is 0 Å². The van der Waals surface area contributed by atoms with Gasteiger partial charge < -0.3 is 0 Å². The van der Waals surface area contributed by atoms with Gasteiger partial charge in [0.05, 0.1) is 0 Å². The van der Waals surface area contributed by atoms with Crippen LogP contribution in [0.5, 0.6) is 5.75 Å². The molecule has 2 rings (SSSR count). The molecule has 1 heterocycles. The number of aromatic amines is 1. The second kappa shape index (κ2) is 4.59. The zero-order chi connectivity index (χ0) is 9.97. The summed E-state index contributed by atoms with van der Waals surface area (Å²) in [6.45, 7) is 0. The van der Waals surface area contributed by atoms with Crippen molar-refractivity contribution < 1.29 is 2.69 Å². The Labute approximate surface area is 107 Å². The first-order chi connectivity index (χ1) is 6.83. The molecule has 1 aromatic heterocycles. The van der Waals surface area contributed by atoms with E-state index >= 15 is 0 Å². The molecule has 0 aliphatic heterocycles. The Bertz CT molecular complexity index is 471. The van der Waals surface area contributed by atoms with Crippen LogP contribution in [0, 0.1) is 4.91 Å². The number of hydrogen-bond donors (Lipinski definition) is 1. The summed E-state index contributed by atoms with van der Waals surface area (Å²) in [6, 6.07) is 7.85. The van der Waals surface area contributed by atoms with Crippen molar-refractivity contribution in [2.45, 2.75) is 0 Å². The predicted octanol–water partition coefficient (Wildman–Crippen LogP) is 0.641. The van der Waals surface area contributed by atoms with Crippen LogP contribution in [0.25, 0.3) is 10.9 Å².